The molecular weight excluding hydrogens is 192 g/mol. The highest BCUT2D eigenvalue weighted by Crippen LogP contribution is 2.51. The number of nitrogens with two attached hydrogens (primary N) is 1. The predicted molar refractivity (Wildman–Crippen MR) is 57.3 cm³/mol. The molecule has 0 aromatic carbocycles. The number of carbonyl (C=O) groups is 1. The van der Waals surface area contributed by atoms with Gasteiger partial charge in [-0.05, 0) is 45.4 Å². The number of hydrogen-bond acceptors (Lipinski definition) is 3. The van der Waals surface area contributed by atoms with Crippen molar-refractivity contribution in [3.8, 4) is 0 Å². The van der Waals surface area contributed by atoms with E-state index in [1.165, 1.54) is 0 Å². The number of alkyl carbamates (subject to hydrolysis) is 1. The SMILES string of the molecule is CC(C)(C)OC(=O)NC1[C@H]2CC(N)C[C@@H]12. The van der Waals surface area contributed by atoms with Gasteiger partial charge >= 0.3 is 6.09 Å². The van der Waals surface area contributed by atoms with Gasteiger partial charge in [0.1, 0.15) is 5.60 Å². The number of carbonyl (C=O) groups excluding carboxylic acids is 1. The first-order valence-corrected chi connectivity index (χ1v) is 5.62. The Labute approximate surface area is 90.5 Å². The Kier molecular flexibility index (Phi) is 2.41. The second-order valence-corrected chi connectivity index (χ2v) is 5.73. The van der Waals surface area contributed by atoms with E-state index in [2.05, 4.69) is 5.32 Å². The molecule has 2 unspecified atom stereocenters. The Balaban J connectivity index is 1.74. The molecule has 2 rings (SSSR count). The Morgan fingerprint density at radius 2 is 1.87 bits per heavy atom. The summed E-state index contributed by atoms with van der Waals surface area (Å²) in [5, 5.41) is 2.92. The Bertz CT molecular complexity index is 260. The van der Waals surface area contributed by atoms with E-state index in [9.17, 15) is 4.79 Å². The van der Waals surface area contributed by atoms with Crippen molar-refractivity contribution in [3.63, 3.8) is 0 Å². The molecule has 0 aliphatic heterocycles. The molecule has 2 aliphatic rings. The zero-order valence-electron chi connectivity index (χ0n) is 9.62. The van der Waals surface area contributed by atoms with Crippen LogP contribution >= 0.6 is 0 Å². The van der Waals surface area contributed by atoms with Gasteiger partial charge in [-0.2, -0.15) is 0 Å². The second-order valence-electron chi connectivity index (χ2n) is 5.73. The van der Waals surface area contributed by atoms with E-state index in [1.54, 1.807) is 0 Å². The molecule has 0 aromatic rings. The highest BCUT2D eigenvalue weighted by atomic mass is 16.6. The second kappa shape index (κ2) is 3.37. The van der Waals surface area contributed by atoms with Gasteiger partial charge in [-0.25, -0.2) is 4.79 Å². The summed E-state index contributed by atoms with van der Waals surface area (Å²) in [5.41, 5.74) is 5.39. The topological polar surface area (TPSA) is 64.3 Å². The van der Waals surface area contributed by atoms with E-state index >= 15 is 0 Å². The lowest BCUT2D eigenvalue weighted by atomic mass is 10.1. The molecule has 0 radical (unpaired) electrons. The number of ether oxygens (including phenoxy) is 1. The van der Waals surface area contributed by atoms with Gasteiger partial charge in [0, 0.05) is 12.1 Å². The minimum Gasteiger partial charge on any atom is -0.444 e. The largest absolute Gasteiger partial charge is 0.444 e. The van der Waals surface area contributed by atoms with Crippen LogP contribution in [0.4, 0.5) is 4.79 Å². The molecular formula is C11H20N2O2. The quantitative estimate of drug-likeness (QED) is 0.687. The smallest absolute Gasteiger partial charge is 0.407 e. The normalized spacial score (nSPS) is 38.4. The average molecular weight is 212 g/mol. The van der Waals surface area contributed by atoms with Gasteiger partial charge in [0.25, 0.3) is 0 Å². The van der Waals surface area contributed by atoms with Gasteiger partial charge in [0.05, 0.1) is 0 Å². The first-order valence-electron chi connectivity index (χ1n) is 5.62. The van der Waals surface area contributed by atoms with Crippen LogP contribution in [0.2, 0.25) is 0 Å². The Morgan fingerprint density at radius 1 is 1.33 bits per heavy atom. The van der Waals surface area contributed by atoms with E-state index in [1.807, 2.05) is 20.8 Å². The van der Waals surface area contributed by atoms with Crippen molar-refractivity contribution in [2.75, 3.05) is 0 Å². The number of amides is 1. The zero-order valence-corrected chi connectivity index (χ0v) is 9.62. The van der Waals surface area contributed by atoms with Crippen LogP contribution in [0.15, 0.2) is 0 Å². The van der Waals surface area contributed by atoms with Crippen molar-refractivity contribution in [2.24, 2.45) is 17.6 Å². The fourth-order valence-corrected chi connectivity index (χ4v) is 2.54. The Hall–Kier alpha value is -0.770. The maximum absolute atomic E-state index is 11.5. The van der Waals surface area contributed by atoms with Gasteiger partial charge in [-0.3, -0.25) is 0 Å². The number of fused-ring (bicyclic) bond motifs is 1. The molecule has 0 saturated heterocycles. The summed E-state index contributed by atoms with van der Waals surface area (Å²) in [7, 11) is 0. The van der Waals surface area contributed by atoms with Crippen molar-refractivity contribution < 1.29 is 9.53 Å². The average Bonchev–Trinajstić information content (AvgIpc) is 2.54. The third kappa shape index (κ3) is 2.43. The summed E-state index contributed by atoms with van der Waals surface area (Å²) in [5.74, 6) is 1.21. The van der Waals surface area contributed by atoms with Crippen LogP contribution < -0.4 is 11.1 Å². The summed E-state index contributed by atoms with van der Waals surface area (Å²) in [6.07, 6.45) is 1.80. The molecule has 1 amide bonds. The lowest BCUT2D eigenvalue weighted by molar-refractivity contribution is 0.0516. The molecule has 0 heterocycles. The van der Waals surface area contributed by atoms with E-state index in [4.69, 9.17) is 10.5 Å². The van der Waals surface area contributed by atoms with Crippen LogP contribution in [0.3, 0.4) is 0 Å². The molecule has 0 bridgehead atoms. The first kappa shape index (κ1) is 10.7. The lowest BCUT2D eigenvalue weighted by Gasteiger charge is -2.20. The molecule has 2 fully saturated rings. The molecule has 0 aromatic heterocycles. The van der Waals surface area contributed by atoms with Crippen molar-refractivity contribution in [2.45, 2.75) is 51.3 Å². The molecule has 4 heteroatoms. The standard InChI is InChI=1S/C11H20N2O2/c1-11(2,3)15-10(14)13-9-7-4-6(12)5-8(7)9/h6-9H,4-5,12H2,1-3H3,(H,13,14)/t6?,7-,8+,9?. The zero-order chi connectivity index (χ0) is 11.2. The highest BCUT2D eigenvalue weighted by molar-refractivity contribution is 5.68. The van der Waals surface area contributed by atoms with Gasteiger partial charge < -0.3 is 15.8 Å². The molecule has 2 saturated carbocycles. The van der Waals surface area contributed by atoms with Crippen molar-refractivity contribution in [3.05, 3.63) is 0 Å². The van der Waals surface area contributed by atoms with Gasteiger partial charge in [0.2, 0.25) is 0 Å². The van der Waals surface area contributed by atoms with Crippen LogP contribution in [0.25, 0.3) is 0 Å². The number of nitrogens with one attached hydrogen (secondary N) is 1. The maximum atomic E-state index is 11.5. The van der Waals surface area contributed by atoms with Crippen molar-refractivity contribution in [1.29, 1.82) is 0 Å². The van der Waals surface area contributed by atoms with Gasteiger partial charge in [-0.1, -0.05) is 0 Å². The molecule has 86 valence electrons. The molecule has 4 nitrogen and oxygen atoms in total. The molecule has 15 heavy (non-hydrogen) atoms. The summed E-state index contributed by atoms with van der Waals surface area (Å²) >= 11 is 0. The monoisotopic (exact) mass is 212 g/mol. The fourth-order valence-electron chi connectivity index (χ4n) is 2.54. The lowest BCUT2D eigenvalue weighted by Crippen LogP contribution is -2.36. The third-order valence-electron chi connectivity index (χ3n) is 3.16. The summed E-state index contributed by atoms with van der Waals surface area (Å²) in [6, 6.07) is 0.663. The molecule has 0 spiro atoms. The molecule has 4 atom stereocenters. The van der Waals surface area contributed by atoms with Crippen molar-refractivity contribution in [1.82, 2.24) is 5.32 Å². The van der Waals surface area contributed by atoms with E-state index in [-0.39, 0.29) is 6.09 Å². The van der Waals surface area contributed by atoms with Crippen molar-refractivity contribution >= 4 is 6.09 Å². The van der Waals surface area contributed by atoms with Crippen LogP contribution in [0, 0.1) is 11.8 Å². The third-order valence-corrected chi connectivity index (χ3v) is 3.16. The predicted octanol–water partition coefficient (Wildman–Crippen LogP) is 1.25. The number of rotatable bonds is 1. The molecule has 2 aliphatic carbocycles. The van der Waals surface area contributed by atoms with Gasteiger partial charge in [-0.15, -0.1) is 0 Å². The van der Waals surface area contributed by atoms with E-state index in [0.717, 1.165) is 12.8 Å². The Morgan fingerprint density at radius 3 is 2.33 bits per heavy atom. The van der Waals surface area contributed by atoms with Crippen LogP contribution in [0.1, 0.15) is 33.6 Å². The minimum atomic E-state index is -0.412. The summed E-state index contributed by atoms with van der Waals surface area (Å²) < 4.78 is 5.20. The molecule has 3 N–H and O–H groups in total. The van der Waals surface area contributed by atoms with Crippen LogP contribution in [-0.4, -0.2) is 23.8 Å². The fraction of sp³-hybridized carbons (Fsp3) is 0.909. The van der Waals surface area contributed by atoms with E-state index in [0.29, 0.717) is 23.9 Å². The summed E-state index contributed by atoms with van der Waals surface area (Å²) in [4.78, 5) is 11.5. The first-order chi connectivity index (χ1) is 6.87. The minimum absolute atomic E-state index is 0.296. The van der Waals surface area contributed by atoms with Gasteiger partial charge in [0.15, 0.2) is 0 Å². The van der Waals surface area contributed by atoms with Crippen LogP contribution in [0.5, 0.6) is 0 Å². The highest BCUT2D eigenvalue weighted by Gasteiger charge is 2.56. The summed E-state index contributed by atoms with van der Waals surface area (Å²) in [6.45, 7) is 5.61. The maximum Gasteiger partial charge on any atom is 0.407 e. The van der Waals surface area contributed by atoms with Crippen LogP contribution in [-0.2, 0) is 4.74 Å². The number of hydrogen-bond donors (Lipinski definition) is 2. The van der Waals surface area contributed by atoms with E-state index < -0.39 is 5.60 Å².